The molecule has 0 bridgehead atoms. The van der Waals surface area contributed by atoms with Gasteiger partial charge in [-0.1, -0.05) is 0 Å². The Kier molecular flexibility index (Phi) is 4.21. The molecular weight excluding hydrogens is 238 g/mol. The minimum absolute atomic E-state index is 0.0536. The second-order valence-corrected chi connectivity index (χ2v) is 3.48. The summed E-state index contributed by atoms with van der Waals surface area (Å²) >= 11 is 0. The molecule has 0 heterocycles. The van der Waals surface area contributed by atoms with E-state index in [0.29, 0.717) is 11.3 Å². The van der Waals surface area contributed by atoms with Gasteiger partial charge in [0.2, 0.25) is 5.91 Å². The second-order valence-electron chi connectivity index (χ2n) is 3.48. The van der Waals surface area contributed by atoms with Crippen LogP contribution in [0.1, 0.15) is 12.0 Å². The van der Waals surface area contributed by atoms with Gasteiger partial charge in [0.25, 0.3) is 0 Å². The number of carbonyl (C=O) groups excluding carboxylic acids is 1. The van der Waals surface area contributed by atoms with E-state index in [9.17, 15) is 14.9 Å². The number of hydrogen-bond acceptors (Lipinski definition) is 5. The van der Waals surface area contributed by atoms with Crippen LogP contribution in [0.3, 0.4) is 0 Å². The number of amides is 1. The van der Waals surface area contributed by atoms with Crippen LogP contribution < -0.4 is 10.1 Å². The fraction of sp³-hybridized carbons (Fsp3) is 0.273. The largest absolute Gasteiger partial charge is 0.490 e. The number of hydrogen-bond donors (Lipinski definition) is 1. The zero-order chi connectivity index (χ0) is 13.7. The minimum atomic E-state index is -0.563. The Labute approximate surface area is 103 Å². The van der Waals surface area contributed by atoms with Gasteiger partial charge in [0.1, 0.15) is 6.42 Å². The van der Waals surface area contributed by atoms with E-state index < -0.39 is 10.8 Å². The van der Waals surface area contributed by atoms with Crippen LogP contribution in [0.25, 0.3) is 0 Å². The first kappa shape index (κ1) is 13.4. The molecule has 0 aliphatic carbocycles. The summed E-state index contributed by atoms with van der Waals surface area (Å²) in [7, 11) is 1.30. The van der Waals surface area contributed by atoms with Crippen molar-refractivity contribution in [3.63, 3.8) is 0 Å². The Morgan fingerprint density at radius 3 is 2.78 bits per heavy atom. The normalized spacial score (nSPS) is 9.39. The summed E-state index contributed by atoms with van der Waals surface area (Å²) in [5.74, 6) is -0.422. The van der Waals surface area contributed by atoms with Crippen LogP contribution in [0.5, 0.6) is 5.75 Å². The molecule has 0 aromatic heterocycles. The average Bonchev–Trinajstić information content (AvgIpc) is 2.31. The van der Waals surface area contributed by atoms with Crippen molar-refractivity contribution in [2.45, 2.75) is 13.3 Å². The van der Waals surface area contributed by atoms with Crippen molar-refractivity contribution >= 4 is 17.3 Å². The number of nitro groups is 1. The first-order chi connectivity index (χ1) is 8.49. The highest BCUT2D eigenvalue weighted by molar-refractivity contribution is 5.93. The summed E-state index contributed by atoms with van der Waals surface area (Å²) in [5.41, 5.74) is 0.736. The van der Waals surface area contributed by atoms with Crippen molar-refractivity contribution in [3.05, 3.63) is 27.8 Å². The highest BCUT2D eigenvalue weighted by Gasteiger charge is 2.18. The minimum Gasteiger partial charge on any atom is -0.490 e. The van der Waals surface area contributed by atoms with Crippen LogP contribution in [0.2, 0.25) is 0 Å². The Morgan fingerprint density at radius 2 is 2.28 bits per heavy atom. The van der Waals surface area contributed by atoms with Crippen molar-refractivity contribution in [1.29, 1.82) is 5.26 Å². The van der Waals surface area contributed by atoms with Gasteiger partial charge in [-0.15, -0.1) is 0 Å². The lowest BCUT2D eigenvalue weighted by Crippen LogP contribution is -2.11. The molecule has 1 rings (SSSR count). The molecule has 7 nitrogen and oxygen atoms in total. The summed E-state index contributed by atoms with van der Waals surface area (Å²) in [4.78, 5) is 21.5. The van der Waals surface area contributed by atoms with Gasteiger partial charge >= 0.3 is 5.69 Å². The van der Waals surface area contributed by atoms with Crippen LogP contribution in [-0.4, -0.2) is 17.9 Å². The molecule has 1 aromatic rings. The third kappa shape index (κ3) is 2.95. The molecule has 0 unspecified atom stereocenters. The second kappa shape index (κ2) is 5.63. The summed E-state index contributed by atoms with van der Waals surface area (Å²) in [6, 6.07) is 4.38. The zero-order valence-corrected chi connectivity index (χ0v) is 9.89. The summed E-state index contributed by atoms with van der Waals surface area (Å²) in [5, 5.41) is 21.6. The van der Waals surface area contributed by atoms with E-state index in [2.05, 4.69) is 5.32 Å². The van der Waals surface area contributed by atoms with Crippen LogP contribution in [0.4, 0.5) is 11.4 Å². The van der Waals surface area contributed by atoms with Crippen molar-refractivity contribution in [2.75, 3.05) is 12.4 Å². The van der Waals surface area contributed by atoms with Crippen LogP contribution >= 0.6 is 0 Å². The molecule has 0 saturated carbocycles. The third-order valence-electron chi connectivity index (χ3n) is 2.24. The number of rotatable bonds is 4. The van der Waals surface area contributed by atoms with Crippen molar-refractivity contribution in [3.8, 4) is 11.8 Å². The lowest BCUT2D eigenvalue weighted by Gasteiger charge is -2.09. The molecule has 0 aliphatic rings. The number of nitrogens with one attached hydrogen (secondary N) is 1. The number of nitro benzene ring substituents is 1. The Balaban J connectivity index is 3.12. The van der Waals surface area contributed by atoms with E-state index in [4.69, 9.17) is 10.00 Å². The third-order valence-corrected chi connectivity index (χ3v) is 2.24. The lowest BCUT2D eigenvalue weighted by molar-refractivity contribution is -0.385. The van der Waals surface area contributed by atoms with E-state index in [1.54, 1.807) is 13.0 Å². The smallest absolute Gasteiger partial charge is 0.311 e. The molecule has 1 N–H and O–H groups in total. The lowest BCUT2D eigenvalue weighted by atomic mass is 10.1. The van der Waals surface area contributed by atoms with Gasteiger partial charge < -0.3 is 10.1 Å². The number of nitrogens with zero attached hydrogens (tertiary/aromatic N) is 2. The number of methoxy groups -OCH3 is 1. The average molecular weight is 249 g/mol. The van der Waals surface area contributed by atoms with Gasteiger partial charge in [0, 0.05) is 17.8 Å². The van der Waals surface area contributed by atoms with E-state index >= 15 is 0 Å². The molecule has 18 heavy (non-hydrogen) atoms. The molecule has 0 aliphatic heterocycles. The molecule has 0 spiro atoms. The van der Waals surface area contributed by atoms with Crippen molar-refractivity contribution in [1.82, 2.24) is 0 Å². The fourth-order valence-corrected chi connectivity index (χ4v) is 1.38. The maximum atomic E-state index is 11.3. The zero-order valence-electron chi connectivity index (χ0n) is 9.89. The van der Waals surface area contributed by atoms with E-state index in [0.717, 1.165) is 0 Å². The first-order valence-electron chi connectivity index (χ1n) is 4.99. The van der Waals surface area contributed by atoms with Gasteiger partial charge in [-0.2, -0.15) is 5.26 Å². The van der Waals surface area contributed by atoms with Crippen molar-refractivity contribution < 1.29 is 14.5 Å². The predicted molar refractivity (Wildman–Crippen MR) is 63.2 cm³/mol. The molecule has 1 aromatic carbocycles. The van der Waals surface area contributed by atoms with Crippen LogP contribution in [0, 0.1) is 28.4 Å². The molecule has 0 radical (unpaired) electrons. The number of benzene rings is 1. The Morgan fingerprint density at radius 1 is 1.61 bits per heavy atom. The van der Waals surface area contributed by atoms with Gasteiger partial charge in [-0.3, -0.25) is 14.9 Å². The standard InChI is InChI=1S/C11H11N3O4/c1-7-5-9(14(16)17)10(18-2)6-8(7)13-11(15)3-4-12/h5-6H,3H2,1-2H3,(H,13,15). The van der Waals surface area contributed by atoms with Crippen LogP contribution in [0.15, 0.2) is 12.1 Å². The SMILES string of the molecule is COc1cc(NC(=O)CC#N)c(C)cc1[N+](=O)[O-]. The van der Waals surface area contributed by atoms with Gasteiger partial charge in [0.15, 0.2) is 5.75 Å². The van der Waals surface area contributed by atoms with Crippen molar-refractivity contribution in [2.24, 2.45) is 0 Å². The fourth-order valence-electron chi connectivity index (χ4n) is 1.38. The Bertz CT molecular complexity index is 534. The molecule has 94 valence electrons. The van der Waals surface area contributed by atoms with E-state index in [1.807, 2.05) is 0 Å². The summed E-state index contributed by atoms with van der Waals surface area (Å²) in [6.45, 7) is 1.62. The van der Waals surface area contributed by atoms with Crippen LogP contribution in [-0.2, 0) is 4.79 Å². The Hall–Kier alpha value is -2.62. The summed E-state index contributed by atoms with van der Waals surface area (Å²) < 4.78 is 4.89. The number of aryl methyl sites for hydroxylation is 1. The van der Waals surface area contributed by atoms with Gasteiger partial charge in [-0.25, -0.2) is 0 Å². The quantitative estimate of drug-likeness (QED) is 0.646. The van der Waals surface area contributed by atoms with E-state index in [1.165, 1.54) is 19.2 Å². The van der Waals surface area contributed by atoms with Gasteiger partial charge in [0.05, 0.1) is 18.1 Å². The molecule has 1 amide bonds. The number of carbonyl (C=O) groups is 1. The molecule has 0 fully saturated rings. The molecule has 0 atom stereocenters. The predicted octanol–water partition coefficient (Wildman–Crippen LogP) is 1.76. The molecule has 0 saturated heterocycles. The highest BCUT2D eigenvalue weighted by Crippen LogP contribution is 2.32. The summed E-state index contributed by atoms with van der Waals surface area (Å²) in [6.07, 6.45) is -0.279. The molecule has 7 heteroatoms. The monoisotopic (exact) mass is 249 g/mol. The number of ether oxygens (including phenoxy) is 1. The van der Waals surface area contributed by atoms with Gasteiger partial charge in [-0.05, 0) is 12.5 Å². The number of nitriles is 1. The molecular formula is C11H11N3O4. The van der Waals surface area contributed by atoms with E-state index in [-0.39, 0.29) is 17.9 Å². The first-order valence-corrected chi connectivity index (χ1v) is 4.99. The number of anilines is 1. The topological polar surface area (TPSA) is 105 Å². The maximum Gasteiger partial charge on any atom is 0.311 e. The highest BCUT2D eigenvalue weighted by atomic mass is 16.6. The maximum absolute atomic E-state index is 11.3.